The van der Waals surface area contributed by atoms with Crippen molar-refractivity contribution >= 4 is 43.2 Å². The van der Waals surface area contributed by atoms with Gasteiger partial charge in [0.1, 0.15) is 0 Å². The fraction of sp³-hybridized carbons (Fsp3) is 0.333. The number of nitrogens with zero attached hydrogens (tertiary/aromatic N) is 1. The predicted molar refractivity (Wildman–Crippen MR) is 88.3 cm³/mol. The number of benzene rings is 1. The van der Waals surface area contributed by atoms with Crippen LogP contribution < -0.4 is 4.72 Å². The zero-order valence-electron chi connectivity index (χ0n) is 11.8. The summed E-state index contributed by atoms with van der Waals surface area (Å²) >= 11 is 11.5. The lowest BCUT2D eigenvalue weighted by atomic mass is 10.4. The van der Waals surface area contributed by atoms with Gasteiger partial charge in [-0.15, -0.1) is 6.58 Å². The van der Waals surface area contributed by atoms with Gasteiger partial charge in [-0.3, -0.25) is 0 Å². The molecule has 0 atom stereocenters. The van der Waals surface area contributed by atoms with Crippen LogP contribution in [-0.4, -0.2) is 47.0 Å². The first-order chi connectivity index (χ1) is 10.1. The largest absolute Gasteiger partial charge is 0.240 e. The average Bonchev–Trinajstić information content (AvgIpc) is 2.39. The van der Waals surface area contributed by atoms with Crippen LogP contribution in [0.15, 0.2) is 35.7 Å². The minimum Gasteiger partial charge on any atom is -0.212 e. The van der Waals surface area contributed by atoms with Gasteiger partial charge in [0.2, 0.25) is 20.0 Å². The van der Waals surface area contributed by atoms with E-state index in [4.69, 9.17) is 23.2 Å². The maximum absolute atomic E-state index is 12.1. The van der Waals surface area contributed by atoms with Gasteiger partial charge in [0, 0.05) is 19.6 Å². The summed E-state index contributed by atoms with van der Waals surface area (Å²) in [4.78, 5) is -0.0449. The number of nitrogens with one attached hydrogen (secondary N) is 1. The molecule has 0 heterocycles. The summed E-state index contributed by atoms with van der Waals surface area (Å²) < 4.78 is 50.6. The molecule has 1 aromatic carbocycles. The van der Waals surface area contributed by atoms with Crippen molar-refractivity contribution in [1.82, 2.24) is 9.03 Å². The highest BCUT2D eigenvalue weighted by Gasteiger charge is 2.18. The van der Waals surface area contributed by atoms with Crippen molar-refractivity contribution in [3.63, 3.8) is 0 Å². The third-order valence-electron chi connectivity index (χ3n) is 2.66. The third-order valence-corrected chi connectivity index (χ3v) is 6.12. The summed E-state index contributed by atoms with van der Waals surface area (Å²) in [5.74, 6) is 0. The zero-order chi connectivity index (χ0) is 17.0. The monoisotopic (exact) mass is 386 g/mol. The van der Waals surface area contributed by atoms with Gasteiger partial charge in [-0.05, 0) is 18.2 Å². The minimum absolute atomic E-state index is 0.00853. The molecule has 0 aliphatic rings. The SMILES string of the molecule is C=CCN(CCNS(=O)(=O)c1ccc(Cl)c(Cl)c1)S(C)(=O)=O. The number of halogens is 2. The van der Waals surface area contributed by atoms with Gasteiger partial charge in [-0.25, -0.2) is 21.6 Å². The molecule has 0 aliphatic carbocycles. The first-order valence-corrected chi connectivity index (χ1v) is 10.2. The summed E-state index contributed by atoms with van der Waals surface area (Å²) in [6.45, 7) is 3.48. The smallest absolute Gasteiger partial charge is 0.212 e. The fourth-order valence-corrected chi connectivity index (χ4v) is 3.78. The topological polar surface area (TPSA) is 83.6 Å². The van der Waals surface area contributed by atoms with Crippen molar-refractivity contribution in [3.8, 4) is 0 Å². The van der Waals surface area contributed by atoms with Crippen molar-refractivity contribution < 1.29 is 16.8 Å². The molecule has 124 valence electrons. The Morgan fingerprint density at radius 3 is 2.36 bits per heavy atom. The van der Waals surface area contributed by atoms with E-state index in [0.29, 0.717) is 0 Å². The van der Waals surface area contributed by atoms with Gasteiger partial charge < -0.3 is 0 Å². The average molecular weight is 387 g/mol. The van der Waals surface area contributed by atoms with Crippen LogP contribution in [0.4, 0.5) is 0 Å². The van der Waals surface area contributed by atoms with Crippen LogP contribution in [0.1, 0.15) is 0 Å². The van der Waals surface area contributed by atoms with Gasteiger partial charge in [0.15, 0.2) is 0 Å². The third kappa shape index (κ3) is 5.53. The molecule has 0 amide bonds. The van der Waals surface area contributed by atoms with Crippen LogP contribution in [0, 0.1) is 0 Å². The van der Waals surface area contributed by atoms with E-state index in [1.54, 1.807) is 0 Å². The molecule has 0 aromatic heterocycles. The Morgan fingerprint density at radius 2 is 1.86 bits per heavy atom. The maximum atomic E-state index is 12.1. The van der Waals surface area contributed by atoms with E-state index in [1.165, 1.54) is 24.3 Å². The Hall–Kier alpha value is -0.640. The van der Waals surface area contributed by atoms with Crippen molar-refractivity contribution in [2.45, 2.75) is 4.90 Å². The molecular weight excluding hydrogens is 371 g/mol. The number of hydrogen-bond acceptors (Lipinski definition) is 4. The second kappa shape index (κ2) is 7.76. The molecule has 22 heavy (non-hydrogen) atoms. The molecular formula is C12H16Cl2N2O4S2. The number of sulfonamides is 2. The Morgan fingerprint density at radius 1 is 1.23 bits per heavy atom. The Balaban J connectivity index is 2.77. The molecule has 0 spiro atoms. The van der Waals surface area contributed by atoms with Gasteiger partial charge in [-0.2, -0.15) is 4.31 Å². The maximum Gasteiger partial charge on any atom is 0.240 e. The fourth-order valence-electron chi connectivity index (χ4n) is 1.57. The molecule has 0 radical (unpaired) electrons. The van der Waals surface area contributed by atoms with Crippen LogP contribution in [0.2, 0.25) is 10.0 Å². The van der Waals surface area contributed by atoms with Crippen molar-refractivity contribution in [3.05, 3.63) is 40.9 Å². The minimum atomic E-state index is -3.80. The predicted octanol–water partition coefficient (Wildman–Crippen LogP) is 1.72. The van der Waals surface area contributed by atoms with Gasteiger partial charge in [0.25, 0.3) is 0 Å². The lowest BCUT2D eigenvalue weighted by Crippen LogP contribution is -2.38. The van der Waals surface area contributed by atoms with Crippen molar-refractivity contribution in [1.29, 1.82) is 0 Å². The van der Waals surface area contributed by atoms with Crippen LogP contribution in [0.3, 0.4) is 0 Å². The molecule has 0 saturated carbocycles. The summed E-state index contributed by atoms with van der Waals surface area (Å²) in [7, 11) is -7.23. The molecule has 10 heteroatoms. The molecule has 0 aliphatic heterocycles. The summed E-state index contributed by atoms with van der Waals surface area (Å²) in [5.41, 5.74) is 0. The second-order valence-electron chi connectivity index (χ2n) is 4.38. The lowest BCUT2D eigenvalue weighted by molar-refractivity contribution is 0.447. The second-order valence-corrected chi connectivity index (χ2v) is 8.95. The number of hydrogen-bond donors (Lipinski definition) is 1. The Labute approximate surface area is 140 Å². The van der Waals surface area contributed by atoms with Crippen molar-refractivity contribution in [2.75, 3.05) is 25.9 Å². The summed E-state index contributed by atoms with van der Waals surface area (Å²) in [6, 6.07) is 3.91. The van der Waals surface area contributed by atoms with E-state index in [0.717, 1.165) is 10.6 Å². The van der Waals surface area contributed by atoms with Crippen LogP contribution in [-0.2, 0) is 20.0 Å². The Kier molecular flexibility index (Phi) is 6.84. The number of rotatable bonds is 8. The molecule has 0 unspecified atom stereocenters. The van der Waals surface area contributed by atoms with E-state index in [2.05, 4.69) is 11.3 Å². The molecule has 1 aromatic rings. The van der Waals surface area contributed by atoms with Crippen molar-refractivity contribution in [2.24, 2.45) is 0 Å². The normalized spacial score (nSPS) is 12.5. The highest BCUT2D eigenvalue weighted by Crippen LogP contribution is 2.24. The van der Waals surface area contributed by atoms with Crippen LogP contribution >= 0.6 is 23.2 Å². The van der Waals surface area contributed by atoms with E-state index in [9.17, 15) is 16.8 Å². The summed E-state index contributed by atoms with van der Waals surface area (Å²) in [5, 5.41) is 0.365. The van der Waals surface area contributed by atoms with Gasteiger partial charge >= 0.3 is 0 Å². The van der Waals surface area contributed by atoms with E-state index in [1.807, 2.05) is 0 Å². The molecule has 1 rings (SSSR count). The molecule has 1 N–H and O–H groups in total. The standard InChI is InChI=1S/C12H16Cl2N2O4S2/c1-3-7-16(21(2,17)18)8-6-15-22(19,20)10-4-5-11(13)12(14)9-10/h3-5,9,15H,1,6-8H2,2H3. The van der Waals surface area contributed by atoms with Crippen LogP contribution in [0.5, 0.6) is 0 Å². The highest BCUT2D eigenvalue weighted by atomic mass is 35.5. The van der Waals surface area contributed by atoms with E-state index >= 15 is 0 Å². The van der Waals surface area contributed by atoms with Gasteiger partial charge in [0.05, 0.1) is 21.2 Å². The molecule has 6 nitrogen and oxygen atoms in total. The quantitative estimate of drug-likeness (QED) is 0.689. The highest BCUT2D eigenvalue weighted by molar-refractivity contribution is 7.89. The van der Waals surface area contributed by atoms with Crippen LogP contribution in [0.25, 0.3) is 0 Å². The van der Waals surface area contributed by atoms with Gasteiger partial charge in [-0.1, -0.05) is 29.3 Å². The molecule has 0 saturated heterocycles. The molecule has 0 bridgehead atoms. The lowest BCUT2D eigenvalue weighted by Gasteiger charge is -2.18. The first-order valence-electron chi connectivity index (χ1n) is 6.08. The summed E-state index contributed by atoms with van der Waals surface area (Å²) in [6.07, 6.45) is 2.47. The molecule has 0 fully saturated rings. The Bertz CT molecular complexity index is 748. The first kappa shape index (κ1) is 19.4. The van der Waals surface area contributed by atoms with E-state index < -0.39 is 20.0 Å². The van der Waals surface area contributed by atoms with E-state index in [-0.39, 0.29) is 34.6 Å². The zero-order valence-corrected chi connectivity index (χ0v) is 14.9.